The first-order valence-electron chi connectivity index (χ1n) is 8.02. The molecule has 0 saturated carbocycles. The van der Waals surface area contributed by atoms with E-state index >= 15 is 0 Å². The Hall–Kier alpha value is -1.18. The monoisotopic (exact) mass is 324 g/mol. The molecule has 1 atom stereocenters. The number of carbonyl (C=O) groups is 1. The van der Waals surface area contributed by atoms with Gasteiger partial charge < -0.3 is 15.7 Å². The minimum atomic E-state index is -0.00159. The van der Waals surface area contributed by atoms with Gasteiger partial charge >= 0.3 is 0 Å². The van der Waals surface area contributed by atoms with Crippen LogP contribution in [0.25, 0.3) is 0 Å². The van der Waals surface area contributed by atoms with Crippen molar-refractivity contribution >= 4 is 22.4 Å². The summed E-state index contributed by atoms with van der Waals surface area (Å²) in [5.41, 5.74) is 6.07. The molecule has 2 aliphatic rings. The molecule has 3 N–H and O–H groups in total. The van der Waals surface area contributed by atoms with E-state index in [1.54, 1.807) is 5.38 Å². The van der Waals surface area contributed by atoms with Crippen molar-refractivity contribution in [2.75, 3.05) is 38.5 Å². The molecule has 2 aliphatic heterocycles. The molecule has 122 valence electrons. The third-order valence-corrected chi connectivity index (χ3v) is 5.49. The minimum Gasteiger partial charge on any atom is -0.396 e. The van der Waals surface area contributed by atoms with E-state index in [1.807, 2.05) is 4.90 Å². The Bertz CT molecular complexity index is 513. The Morgan fingerprint density at radius 2 is 2.14 bits per heavy atom. The molecule has 2 saturated heterocycles. The molecule has 6 nitrogen and oxygen atoms in total. The van der Waals surface area contributed by atoms with E-state index in [1.165, 1.54) is 17.8 Å². The number of nitrogens with two attached hydrogens (primary N) is 1. The lowest BCUT2D eigenvalue weighted by Gasteiger charge is -2.42. The third-order valence-electron chi connectivity index (χ3n) is 4.82. The topological polar surface area (TPSA) is 82.7 Å². The molecular weight excluding hydrogens is 300 g/mol. The maximum atomic E-state index is 12.4. The van der Waals surface area contributed by atoms with Crippen LogP contribution in [0.4, 0.5) is 5.13 Å². The van der Waals surface area contributed by atoms with E-state index in [-0.39, 0.29) is 5.91 Å². The molecule has 0 radical (unpaired) electrons. The van der Waals surface area contributed by atoms with Gasteiger partial charge in [0.15, 0.2) is 5.13 Å². The highest BCUT2D eigenvalue weighted by molar-refractivity contribution is 7.13. The number of aromatic nitrogens is 1. The van der Waals surface area contributed by atoms with Crippen LogP contribution in [0.3, 0.4) is 0 Å². The van der Waals surface area contributed by atoms with Gasteiger partial charge in [-0.1, -0.05) is 0 Å². The molecule has 1 aromatic heterocycles. The second-order valence-electron chi connectivity index (χ2n) is 6.28. The SMILES string of the molecule is Nc1nc(C(=O)N2CCC(N3CCCC(CO)C3)CC2)cs1. The number of aliphatic hydroxyl groups excluding tert-OH is 1. The molecule has 0 bridgehead atoms. The van der Waals surface area contributed by atoms with Gasteiger partial charge in [-0.3, -0.25) is 9.69 Å². The summed E-state index contributed by atoms with van der Waals surface area (Å²) < 4.78 is 0. The highest BCUT2D eigenvalue weighted by Gasteiger charge is 2.30. The first kappa shape index (κ1) is 15.7. The van der Waals surface area contributed by atoms with Crippen molar-refractivity contribution in [1.82, 2.24) is 14.8 Å². The number of carbonyl (C=O) groups excluding carboxylic acids is 1. The number of likely N-dealkylation sites (tertiary alicyclic amines) is 2. The van der Waals surface area contributed by atoms with Gasteiger partial charge in [-0.2, -0.15) is 0 Å². The van der Waals surface area contributed by atoms with Gasteiger partial charge in [-0.25, -0.2) is 4.98 Å². The zero-order chi connectivity index (χ0) is 15.5. The van der Waals surface area contributed by atoms with Crippen LogP contribution < -0.4 is 5.73 Å². The van der Waals surface area contributed by atoms with Crippen molar-refractivity contribution in [3.8, 4) is 0 Å². The van der Waals surface area contributed by atoms with Crippen LogP contribution in [-0.4, -0.2) is 64.6 Å². The van der Waals surface area contributed by atoms with Gasteiger partial charge in [0.25, 0.3) is 5.91 Å². The standard InChI is InChI=1S/C15H24N4O2S/c16-15-17-13(10-22-15)14(21)18-6-3-12(4-7-18)19-5-1-2-11(8-19)9-20/h10-12,20H,1-9H2,(H2,16,17). The number of piperidine rings is 2. The summed E-state index contributed by atoms with van der Waals surface area (Å²) in [6.07, 6.45) is 4.31. The lowest BCUT2D eigenvalue weighted by Crippen LogP contribution is -2.50. The van der Waals surface area contributed by atoms with Crippen molar-refractivity contribution in [1.29, 1.82) is 0 Å². The van der Waals surface area contributed by atoms with Crippen molar-refractivity contribution in [2.45, 2.75) is 31.7 Å². The van der Waals surface area contributed by atoms with Gasteiger partial charge in [0, 0.05) is 37.7 Å². The molecular formula is C15H24N4O2S. The quantitative estimate of drug-likeness (QED) is 0.868. The van der Waals surface area contributed by atoms with Gasteiger partial charge in [0.05, 0.1) is 0 Å². The second kappa shape index (κ2) is 6.93. The van der Waals surface area contributed by atoms with E-state index < -0.39 is 0 Å². The summed E-state index contributed by atoms with van der Waals surface area (Å²) in [6.45, 7) is 3.97. The van der Waals surface area contributed by atoms with Crippen LogP contribution in [-0.2, 0) is 0 Å². The number of amides is 1. The predicted molar refractivity (Wildman–Crippen MR) is 86.8 cm³/mol. The maximum Gasteiger partial charge on any atom is 0.273 e. The fraction of sp³-hybridized carbons (Fsp3) is 0.733. The van der Waals surface area contributed by atoms with Crippen LogP contribution in [0, 0.1) is 5.92 Å². The molecule has 1 aromatic rings. The molecule has 3 rings (SSSR count). The average molecular weight is 324 g/mol. The van der Waals surface area contributed by atoms with Crippen LogP contribution in [0.2, 0.25) is 0 Å². The number of hydrogen-bond acceptors (Lipinski definition) is 6. The van der Waals surface area contributed by atoms with E-state index in [9.17, 15) is 9.90 Å². The number of thiazole rings is 1. The summed E-state index contributed by atoms with van der Waals surface area (Å²) in [6, 6.07) is 0.541. The Balaban J connectivity index is 1.53. The molecule has 22 heavy (non-hydrogen) atoms. The lowest BCUT2D eigenvalue weighted by atomic mass is 9.94. The molecule has 7 heteroatoms. The molecule has 3 heterocycles. The largest absolute Gasteiger partial charge is 0.396 e. The first-order valence-corrected chi connectivity index (χ1v) is 8.90. The first-order chi connectivity index (χ1) is 10.7. The molecule has 1 amide bonds. The third kappa shape index (κ3) is 3.42. The molecule has 1 unspecified atom stereocenters. The Kier molecular flexibility index (Phi) is 4.95. The highest BCUT2D eigenvalue weighted by Crippen LogP contribution is 2.24. The van der Waals surface area contributed by atoms with Crippen LogP contribution in [0.5, 0.6) is 0 Å². The number of nitrogens with zero attached hydrogens (tertiary/aromatic N) is 3. The predicted octanol–water partition coefficient (Wildman–Crippen LogP) is 1.03. The maximum absolute atomic E-state index is 12.4. The van der Waals surface area contributed by atoms with Crippen LogP contribution >= 0.6 is 11.3 Å². The van der Waals surface area contributed by atoms with Crippen LogP contribution in [0.1, 0.15) is 36.2 Å². The summed E-state index contributed by atoms with van der Waals surface area (Å²) in [5, 5.41) is 11.5. The van der Waals surface area contributed by atoms with E-state index in [0.717, 1.165) is 45.4 Å². The van der Waals surface area contributed by atoms with Crippen molar-refractivity contribution in [3.63, 3.8) is 0 Å². The zero-order valence-corrected chi connectivity index (χ0v) is 13.6. The molecule has 0 spiro atoms. The van der Waals surface area contributed by atoms with Gasteiger partial charge in [0.2, 0.25) is 0 Å². The zero-order valence-electron chi connectivity index (χ0n) is 12.8. The van der Waals surface area contributed by atoms with Crippen molar-refractivity contribution in [3.05, 3.63) is 11.1 Å². The highest BCUT2D eigenvalue weighted by atomic mass is 32.1. The van der Waals surface area contributed by atoms with E-state index in [0.29, 0.717) is 29.4 Å². The van der Waals surface area contributed by atoms with Crippen molar-refractivity contribution in [2.24, 2.45) is 5.92 Å². The summed E-state index contributed by atoms with van der Waals surface area (Å²) >= 11 is 1.31. The number of anilines is 1. The Labute approximate surface area is 134 Å². The average Bonchev–Trinajstić information content (AvgIpc) is 3.01. The number of hydrogen-bond donors (Lipinski definition) is 2. The lowest BCUT2D eigenvalue weighted by molar-refractivity contribution is 0.0452. The van der Waals surface area contributed by atoms with Gasteiger partial charge in [-0.15, -0.1) is 11.3 Å². The molecule has 0 aliphatic carbocycles. The number of nitrogen functional groups attached to an aromatic ring is 1. The normalized spacial score (nSPS) is 24.6. The fourth-order valence-electron chi connectivity index (χ4n) is 3.56. The van der Waals surface area contributed by atoms with Gasteiger partial charge in [0.1, 0.15) is 5.69 Å². The van der Waals surface area contributed by atoms with E-state index in [4.69, 9.17) is 5.73 Å². The van der Waals surface area contributed by atoms with E-state index in [2.05, 4.69) is 9.88 Å². The minimum absolute atomic E-state index is 0.00159. The Morgan fingerprint density at radius 1 is 1.36 bits per heavy atom. The second-order valence-corrected chi connectivity index (χ2v) is 7.17. The summed E-state index contributed by atoms with van der Waals surface area (Å²) in [5.74, 6) is 0.421. The molecule has 2 fully saturated rings. The van der Waals surface area contributed by atoms with Gasteiger partial charge in [-0.05, 0) is 38.1 Å². The summed E-state index contributed by atoms with van der Waals surface area (Å²) in [4.78, 5) is 20.8. The number of rotatable bonds is 3. The summed E-state index contributed by atoms with van der Waals surface area (Å²) in [7, 11) is 0. The van der Waals surface area contributed by atoms with Crippen molar-refractivity contribution < 1.29 is 9.90 Å². The van der Waals surface area contributed by atoms with Crippen LogP contribution in [0.15, 0.2) is 5.38 Å². The number of aliphatic hydroxyl groups is 1. The molecule has 0 aromatic carbocycles. The Morgan fingerprint density at radius 3 is 2.77 bits per heavy atom. The smallest absolute Gasteiger partial charge is 0.273 e. The fourth-order valence-corrected chi connectivity index (χ4v) is 4.10.